The molecule has 0 unspecified atom stereocenters. The van der Waals surface area contributed by atoms with E-state index in [9.17, 15) is 19.2 Å². The van der Waals surface area contributed by atoms with E-state index >= 15 is 8.78 Å². The van der Waals surface area contributed by atoms with Gasteiger partial charge in [0.15, 0.2) is 46.3 Å². The summed E-state index contributed by atoms with van der Waals surface area (Å²) in [6.07, 6.45) is 19.3. The van der Waals surface area contributed by atoms with Gasteiger partial charge in [0.1, 0.15) is 81.0 Å². The Morgan fingerprint density at radius 2 is 0.620 bits per heavy atom. The van der Waals surface area contributed by atoms with Crippen LogP contribution in [0.2, 0.25) is 30.1 Å². The standard InChI is InChI=1S/C28H30Cl2N4O5.2C27H28Cl2N4O4.C27H28F2N4O4/c1-5-17(35)6-16-13-39-14-21(16)32-24-8-19-15(10-31-24)7-20(33-28(19)34-11-18(12-34)36-2)25-26(29)22(37-3)9-23(38-4)27(25)30;1-4-17(34)7-15-12-37-13-20(15)32-23-9-18-14(11-30-23)8-19(33-27(18)31-16-5-6-16)24-25(28)21(35-2)10-22(36-3)26(24)29;1-4-17(34)8-16-13-37-14-20(16)31-23-10-18-15(12-30-23)9-19(32-27(18)33-6-5-7-33)24-25(28)21(35-2)11-22(36-3)26(24)29;1-4-17(34)7-15-12-37-13-20(15)32-23-9-18-14(11-30-23)8-19(33-27(18)31-16-5-6-16)24-25(28)21(35-2)10-22(36-3)26(24)29/h5,7-10,16,18,21H,1,6,11-14H2,2-4H3,(H,31,32);4,8-11,15-16,20H,1,5-7,12-13H2,2-3H3,(H,30,32)(H,31,33);4,9-12,16,20H,1,5-8,13-14H2,2-3H3,(H,30,31);4,8-11,15-16,20H,1,5-7,12-13H2,2-3H3,(H,30,32)(H,31,33)/t16-,21+;15-,20+;16-,20+;15-,20+/m0000/s1. The van der Waals surface area contributed by atoms with Gasteiger partial charge in [0.25, 0.3) is 0 Å². The minimum atomic E-state index is -0.863. The molecule has 12 aromatic rings. The summed E-state index contributed by atoms with van der Waals surface area (Å²) in [5, 5.41) is 29.6. The maximum absolute atomic E-state index is 15.2. The van der Waals surface area contributed by atoms with Crippen molar-refractivity contribution in [1.82, 2.24) is 39.9 Å². The molecule has 2 aliphatic carbocycles. The zero-order valence-corrected chi connectivity index (χ0v) is 88.5. The van der Waals surface area contributed by atoms with Crippen LogP contribution < -0.4 is 79.6 Å². The zero-order chi connectivity index (χ0) is 106. The number of rotatable bonds is 39. The number of benzene rings is 4. The Labute approximate surface area is 895 Å². The number of aromatic nitrogens is 8. The van der Waals surface area contributed by atoms with E-state index in [2.05, 4.69) is 92.9 Å². The molecule has 14 heterocycles. The summed E-state index contributed by atoms with van der Waals surface area (Å²) in [5.41, 5.74) is 3.11. The summed E-state index contributed by atoms with van der Waals surface area (Å²) in [4.78, 5) is 90.1. The van der Waals surface area contributed by atoms with Gasteiger partial charge in [-0.2, -0.15) is 0 Å². The van der Waals surface area contributed by atoms with Crippen LogP contribution >= 0.6 is 69.6 Å². The van der Waals surface area contributed by atoms with Crippen molar-refractivity contribution in [1.29, 1.82) is 0 Å². The summed E-state index contributed by atoms with van der Waals surface area (Å²) in [6.45, 7) is 21.5. The lowest BCUT2D eigenvalue weighted by Gasteiger charge is -2.39. The molecule has 6 aliphatic heterocycles. The molecule has 150 heavy (non-hydrogen) atoms. The Kier molecular flexibility index (Phi) is 35.0. The molecule has 4 aromatic carbocycles. The molecule has 2 saturated carbocycles. The first kappa shape index (κ1) is 108. The zero-order valence-electron chi connectivity index (χ0n) is 84.0. The largest absolute Gasteiger partial charge is 0.495 e. The predicted molar refractivity (Wildman–Crippen MR) is 582 cm³/mol. The number of fused-ring (bicyclic) bond motifs is 4. The first-order valence-electron chi connectivity index (χ1n) is 48.8. The predicted octanol–water partition coefficient (Wildman–Crippen LogP) is 20.9. The highest BCUT2D eigenvalue weighted by Gasteiger charge is 2.39. The molecule has 8 atom stereocenters. The number of carbonyl (C=O) groups is 4. The number of anilines is 8. The molecule has 0 spiro atoms. The second-order valence-electron chi connectivity index (χ2n) is 37.3. The molecule has 8 aromatic heterocycles. The highest BCUT2D eigenvalue weighted by atomic mass is 35.5. The monoisotopic (exact) mass is 2170 g/mol. The first-order valence-corrected chi connectivity index (χ1v) is 51.1. The molecule has 0 amide bonds. The van der Waals surface area contributed by atoms with E-state index in [1.54, 1.807) is 64.2 Å². The maximum Gasteiger partial charge on any atom is 0.177 e. The van der Waals surface area contributed by atoms with Crippen LogP contribution in [0.4, 0.5) is 55.3 Å². The van der Waals surface area contributed by atoms with Gasteiger partial charge in [0.05, 0.1) is 198 Å². The van der Waals surface area contributed by atoms with E-state index in [0.29, 0.717) is 231 Å². The molecule has 33 nitrogen and oxygen atoms in total. The van der Waals surface area contributed by atoms with Crippen LogP contribution in [-0.4, -0.2) is 248 Å². The van der Waals surface area contributed by atoms with Crippen LogP contribution in [0, 0.1) is 35.3 Å². The minimum absolute atomic E-state index is 0.000221. The number of allylic oxidation sites excluding steroid dienone is 4. The fraction of sp³-hybridized carbons (Fsp3) is 0.376. The number of nitrogens with one attached hydrogen (secondary N) is 6. The quantitative estimate of drug-likeness (QED) is 0.0195. The van der Waals surface area contributed by atoms with Crippen LogP contribution in [0.3, 0.4) is 0 Å². The van der Waals surface area contributed by atoms with Crippen LogP contribution in [0.5, 0.6) is 46.0 Å². The van der Waals surface area contributed by atoms with Crippen LogP contribution in [0.25, 0.3) is 88.1 Å². The maximum atomic E-state index is 15.2. The fourth-order valence-corrected chi connectivity index (χ4v) is 20.7. The van der Waals surface area contributed by atoms with E-state index in [4.69, 9.17) is 146 Å². The number of nitrogens with zero attached hydrogens (tertiary/aromatic N) is 10. The molecule has 0 bridgehead atoms. The molecule has 8 aliphatic rings. The van der Waals surface area contributed by atoms with Crippen molar-refractivity contribution < 1.29 is 89.5 Å². The van der Waals surface area contributed by atoms with Gasteiger partial charge in [0, 0.05) is 204 Å². The lowest BCUT2D eigenvalue weighted by Crippen LogP contribution is -2.52. The molecule has 20 rings (SSSR count). The van der Waals surface area contributed by atoms with Crippen molar-refractivity contribution in [3.05, 3.63) is 190 Å². The van der Waals surface area contributed by atoms with Crippen LogP contribution in [0.15, 0.2) is 148 Å². The molecule has 0 radical (unpaired) electrons. The Morgan fingerprint density at radius 1 is 0.353 bits per heavy atom. The smallest absolute Gasteiger partial charge is 0.177 e. The van der Waals surface area contributed by atoms with Gasteiger partial charge in [-0.15, -0.1) is 0 Å². The second-order valence-corrected chi connectivity index (χ2v) is 39.6. The Hall–Kier alpha value is -13.0. The van der Waals surface area contributed by atoms with E-state index in [0.717, 1.165) is 100 Å². The van der Waals surface area contributed by atoms with Gasteiger partial charge >= 0.3 is 0 Å². The summed E-state index contributed by atoms with van der Waals surface area (Å²) < 4.78 is 101. The molecule has 6 saturated heterocycles. The summed E-state index contributed by atoms with van der Waals surface area (Å²) in [7, 11) is 13.6. The summed E-state index contributed by atoms with van der Waals surface area (Å²) in [6, 6.07) is 21.7. The number of carbonyl (C=O) groups excluding carboxylic acids is 4. The highest BCUT2D eigenvalue weighted by molar-refractivity contribution is 6.43. The van der Waals surface area contributed by atoms with Crippen molar-refractivity contribution >= 4 is 182 Å². The van der Waals surface area contributed by atoms with Crippen molar-refractivity contribution in [2.24, 2.45) is 23.7 Å². The Balaban J connectivity index is 0.000000136. The van der Waals surface area contributed by atoms with Gasteiger partial charge in [0.2, 0.25) is 0 Å². The number of hydrogen-bond donors (Lipinski definition) is 6. The van der Waals surface area contributed by atoms with Gasteiger partial charge < -0.3 is 103 Å². The van der Waals surface area contributed by atoms with Crippen molar-refractivity contribution in [3.8, 4) is 91.0 Å². The number of pyridine rings is 8. The Bertz CT molecular complexity index is 6850. The third-order valence-electron chi connectivity index (χ3n) is 27.5. The third-order valence-corrected chi connectivity index (χ3v) is 29.8. The van der Waals surface area contributed by atoms with E-state index in [1.165, 1.54) is 73.0 Å². The Morgan fingerprint density at radius 3 is 0.887 bits per heavy atom. The lowest BCUT2D eigenvalue weighted by atomic mass is 9.97. The normalized spacial score (nSPS) is 19.0. The van der Waals surface area contributed by atoms with E-state index in [-0.39, 0.29) is 106 Å². The molecular formula is C109H114Cl6F2N16O17. The van der Waals surface area contributed by atoms with E-state index < -0.39 is 11.6 Å². The van der Waals surface area contributed by atoms with Crippen molar-refractivity contribution in [2.45, 2.75) is 100 Å². The minimum Gasteiger partial charge on any atom is -0.495 e. The SMILES string of the molecule is C=CC(=O)C[C@H]1COC[C@H]1Nc1cc2c(N3CC(OC)C3)nc(-c3c(Cl)c(OC)cc(OC)c3Cl)cc2cn1.C=CC(=O)C[C@H]1COC[C@H]1Nc1cc2c(N3CCC3)nc(-c3c(Cl)c(OC)cc(OC)c3Cl)cc2cn1.C=CC(=O)C[C@H]1COC[C@H]1Nc1cc2c(NC3CC3)nc(-c3c(Cl)c(OC)cc(OC)c3Cl)cc2cn1.C=CC(=O)C[C@H]1COC[C@H]1Nc1cc2c(NC3CC3)nc(-c3c(F)c(OC)cc(OC)c3F)cc2cn1. The molecular weight excluding hydrogens is 2060 g/mol. The number of methoxy groups -OCH3 is 9. The fourth-order valence-electron chi connectivity index (χ4n) is 18.6. The summed E-state index contributed by atoms with van der Waals surface area (Å²) >= 11 is 40.2. The van der Waals surface area contributed by atoms with E-state index in [1.807, 2.05) is 48.7 Å². The molecule has 788 valence electrons. The number of halogens is 8. The van der Waals surface area contributed by atoms with Crippen LogP contribution in [-0.2, 0) is 42.9 Å². The highest BCUT2D eigenvalue weighted by Crippen LogP contribution is 2.52. The summed E-state index contributed by atoms with van der Waals surface area (Å²) in [5.74, 6) is 6.24. The third kappa shape index (κ3) is 24.1. The second kappa shape index (κ2) is 48.5. The van der Waals surface area contributed by atoms with Gasteiger partial charge in [-0.3, -0.25) is 19.2 Å². The first-order chi connectivity index (χ1) is 72.6. The number of ether oxygens (including phenoxy) is 13. The number of hydrogen-bond acceptors (Lipinski definition) is 33. The van der Waals surface area contributed by atoms with Crippen LogP contribution in [0.1, 0.15) is 57.8 Å². The molecule has 6 N–H and O–H groups in total. The molecule has 8 fully saturated rings. The van der Waals surface area contributed by atoms with Gasteiger partial charge in [-0.25, -0.2) is 48.7 Å². The van der Waals surface area contributed by atoms with Gasteiger partial charge in [-0.1, -0.05) is 95.9 Å². The average Bonchev–Trinajstić information content (AvgIpc) is 1.42. The average molecular weight is 2170 g/mol. The topological polar surface area (TPSA) is 370 Å². The van der Waals surface area contributed by atoms with Crippen molar-refractivity contribution in [3.63, 3.8) is 0 Å². The molecule has 41 heteroatoms. The number of ketones is 4. The van der Waals surface area contributed by atoms with Crippen molar-refractivity contribution in [2.75, 3.05) is 185 Å². The lowest BCUT2D eigenvalue weighted by molar-refractivity contribution is -0.116. The van der Waals surface area contributed by atoms with Gasteiger partial charge in [-0.05, 0) is 105 Å².